The van der Waals surface area contributed by atoms with E-state index in [1.807, 2.05) is 0 Å². The quantitative estimate of drug-likeness (QED) is 0.518. The van der Waals surface area contributed by atoms with Gasteiger partial charge in [0, 0.05) is 11.8 Å². The van der Waals surface area contributed by atoms with Crippen LogP contribution in [0, 0.1) is 0 Å². The highest BCUT2D eigenvalue weighted by Gasteiger charge is 2.32. The molecule has 0 bridgehead atoms. The Labute approximate surface area is 177 Å². The summed E-state index contributed by atoms with van der Waals surface area (Å²) in [5.41, 5.74) is -2.88. The minimum atomic E-state index is -4.79. The number of nitrogens with zero attached hydrogens (tertiary/aromatic N) is 2. The molecule has 32 heavy (non-hydrogen) atoms. The molecule has 0 saturated heterocycles. The van der Waals surface area contributed by atoms with Gasteiger partial charge in [0.25, 0.3) is 5.56 Å². The number of aromatic nitrogens is 2. The van der Waals surface area contributed by atoms with Crippen LogP contribution in [0.25, 0.3) is 22.3 Å². The van der Waals surface area contributed by atoms with E-state index in [9.17, 15) is 39.6 Å². The van der Waals surface area contributed by atoms with Gasteiger partial charge in [0.15, 0.2) is 9.84 Å². The van der Waals surface area contributed by atoms with E-state index in [2.05, 4.69) is 5.10 Å². The summed E-state index contributed by atoms with van der Waals surface area (Å²) < 4.78 is 101. The molecule has 1 heterocycles. The van der Waals surface area contributed by atoms with Crippen LogP contribution in [0.4, 0.5) is 26.3 Å². The topological polar surface area (TPSA) is 69.0 Å². The molecule has 170 valence electrons. The fourth-order valence-corrected chi connectivity index (χ4v) is 3.63. The van der Waals surface area contributed by atoms with Crippen molar-refractivity contribution in [1.29, 1.82) is 0 Å². The van der Waals surface area contributed by atoms with Gasteiger partial charge < -0.3 is 0 Å². The maximum Gasteiger partial charge on any atom is 0.416 e. The van der Waals surface area contributed by atoms with Crippen LogP contribution in [-0.4, -0.2) is 30.6 Å². The van der Waals surface area contributed by atoms with Gasteiger partial charge in [0.1, 0.15) is 6.54 Å². The molecule has 3 aromatic rings. The lowest BCUT2D eigenvalue weighted by Crippen LogP contribution is -2.31. The predicted octanol–water partition coefficient (Wildman–Crippen LogP) is 4.56. The van der Waals surface area contributed by atoms with Crippen molar-refractivity contribution in [3.63, 3.8) is 0 Å². The zero-order chi connectivity index (χ0) is 23.9. The SMILES string of the molecule is CS(=O)(=O)c1ccc(-c2cnn(CC(F)(F)F)c(=O)c2-c2cccc(C(F)(F)F)c2)cc1. The smallest absolute Gasteiger partial charge is 0.267 e. The first kappa shape index (κ1) is 23.5. The number of benzene rings is 2. The molecule has 0 fully saturated rings. The maximum atomic E-state index is 13.2. The Hall–Kier alpha value is -3.15. The average molecular weight is 476 g/mol. The number of hydrogen-bond donors (Lipinski definition) is 0. The van der Waals surface area contributed by atoms with Crippen molar-refractivity contribution in [3.05, 3.63) is 70.6 Å². The average Bonchev–Trinajstić information content (AvgIpc) is 2.67. The Balaban J connectivity index is 2.27. The van der Waals surface area contributed by atoms with Gasteiger partial charge in [0.05, 0.1) is 22.2 Å². The molecule has 0 radical (unpaired) electrons. The van der Waals surface area contributed by atoms with E-state index < -0.39 is 45.4 Å². The molecule has 0 saturated carbocycles. The van der Waals surface area contributed by atoms with Crippen LogP contribution in [0.1, 0.15) is 5.56 Å². The molecular formula is C20H14F6N2O3S. The molecule has 3 rings (SSSR count). The second-order valence-electron chi connectivity index (χ2n) is 6.89. The normalized spacial score (nSPS) is 12.7. The van der Waals surface area contributed by atoms with Gasteiger partial charge in [-0.15, -0.1) is 0 Å². The molecule has 0 spiro atoms. The first-order valence-corrected chi connectivity index (χ1v) is 10.7. The van der Waals surface area contributed by atoms with E-state index in [4.69, 9.17) is 0 Å². The van der Waals surface area contributed by atoms with Crippen molar-refractivity contribution in [3.8, 4) is 22.3 Å². The summed E-state index contributed by atoms with van der Waals surface area (Å²) in [7, 11) is -3.55. The van der Waals surface area contributed by atoms with Crippen LogP contribution in [0.2, 0.25) is 0 Å². The van der Waals surface area contributed by atoms with Crippen molar-refractivity contribution in [2.45, 2.75) is 23.8 Å². The van der Waals surface area contributed by atoms with E-state index in [-0.39, 0.29) is 26.3 Å². The molecule has 0 unspecified atom stereocenters. The molecule has 2 aromatic carbocycles. The summed E-state index contributed by atoms with van der Waals surface area (Å²) in [6.07, 6.45) is -7.64. The van der Waals surface area contributed by atoms with Crippen molar-refractivity contribution in [1.82, 2.24) is 9.78 Å². The third-order valence-electron chi connectivity index (χ3n) is 4.44. The Kier molecular flexibility index (Phi) is 5.94. The zero-order valence-electron chi connectivity index (χ0n) is 16.2. The van der Waals surface area contributed by atoms with Gasteiger partial charge in [-0.1, -0.05) is 24.3 Å². The van der Waals surface area contributed by atoms with Crippen LogP contribution >= 0.6 is 0 Å². The highest BCUT2D eigenvalue weighted by atomic mass is 32.2. The Morgan fingerprint density at radius 3 is 2.09 bits per heavy atom. The van der Waals surface area contributed by atoms with Crippen LogP contribution in [0.3, 0.4) is 0 Å². The monoisotopic (exact) mass is 476 g/mol. The van der Waals surface area contributed by atoms with Crippen molar-refractivity contribution >= 4 is 9.84 Å². The lowest BCUT2D eigenvalue weighted by Gasteiger charge is -2.15. The molecule has 5 nitrogen and oxygen atoms in total. The minimum absolute atomic E-state index is 0.0483. The second-order valence-corrected chi connectivity index (χ2v) is 8.90. The van der Waals surface area contributed by atoms with Gasteiger partial charge in [-0.25, -0.2) is 13.1 Å². The first-order valence-electron chi connectivity index (χ1n) is 8.82. The standard InChI is InChI=1S/C20H14F6N2O3S/c1-32(30,31)15-7-5-12(6-8-15)16-10-27-28(11-19(21,22)23)18(29)17(16)13-3-2-4-14(9-13)20(24,25)26/h2-10H,11H2,1H3. The van der Waals surface area contributed by atoms with E-state index in [0.717, 1.165) is 30.7 Å². The van der Waals surface area contributed by atoms with Crippen LogP contribution in [0.5, 0.6) is 0 Å². The molecule has 0 N–H and O–H groups in total. The Morgan fingerprint density at radius 1 is 0.938 bits per heavy atom. The van der Waals surface area contributed by atoms with Crippen molar-refractivity contribution in [2.75, 3.05) is 6.26 Å². The summed E-state index contributed by atoms with van der Waals surface area (Å²) in [6.45, 7) is -1.73. The second kappa shape index (κ2) is 8.08. The van der Waals surface area contributed by atoms with E-state index >= 15 is 0 Å². The van der Waals surface area contributed by atoms with Gasteiger partial charge in [-0.05, 0) is 35.4 Å². The van der Waals surface area contributed by atoms with Gasteiger partial charge >= 0.3 is 12.4 Å². The molecule has 0 atom stereocenters. The van der Waals surface area contributed by atoms with Crippen molar-refractivity contribution < 1.29 is 34.8 Å². The molecule has 1 aromatic heterocycles. The molecule has 0 amide bonds. The molecular weight excluding hydrogens is 462 g/mol. The first-order chi connectivity index (χ1) is 14.7. The fourth-order valence-electron chi connectivity index (χ4n) is 3.00. The Morgan fingerprint density at radius 2 is 1.56 bits per heavy atom. The molecule has 0 aliphatic heterocycles. The molecule has 0 aliphatic carbocycles. The fraction of sp³-hybridized carbons (Fsp3) is 0.200. The molecule has 0 aliphatic rings. The number of alkyl halides is 6. The van der Waals surface area contributed by atoms with Crippen molar-refractivity contribution in [2.24, 2.45) is 0 Å². The lowest BCUT2D eigenvalue weighted by atomic mass is 9.96. The highest BCUT2D eigenvalue weighted by molar-refractivity contribution is 7.90. The molecule has 12 heteroatoms. The maximum absolute atomic E-state index is 13.2. The summed E-state index contributed by atoms with van der Waals surface area (Å²) in [6, 6.07) is 8.61. The van der Waals surface area contributed by atoms with Gasteiger partial charge in [-0.2, -0.15) is 31.4 Å². The highest BCUT2D eigenvalue weighted by Crippen LogP contribution is 2.34. The summed E-state index contributed by atoms with van der Waals surface area (Å²) >= 11 is 0. The lowest BCUT2D eigenvalue weighted by molar-refractivity contribution is -0.143. The van der Waals surface area contributed by atoms with E-state index in [1.54, 1.807) is 0 Å². The third kappa shape index (κ3) is 5.18. The summed E-state index contributed by atoms with van der Waals surface area (Å²) in [5.74, 6) is 0. The zero-order valence-corrected chi connectivity index (χ0v) is 17.0. The number of rotatable bonds is 4. The summed E-state index contributed by atoms with van der Waals surface area (Å²) in [5, 5.41) is 3.51. The van der Waals surface area contributed by atoms with Crippen LogP contribution in [-0.2, 0) is 22.6 Å². The third-order valence-corrected chi connectivity index (χ3v) is 5.57. The Bertz CT molecular complexity index is 1310. The van der Waals surface area contributed by atoms with Crippen LogP contribution in [0.15, 0.2) is 64.4 Å². The number of halogens is 6. The van der Waals surface area contributed by atoms with Gasteiger partial charge in [0.2, 0.25) is 0 Å². The summed E-state index contributed by atoms with van der Waals surface area (Å²) in [4.78, 5) is 12.8. The van der Waals surface area contributed by atoms with Gasteiger partial charge in [-0.3, -0.25) is 4.79 Å². The number of hydrogen-bond acceptors (Lipinski definition) is 4. The van der Waals surface area contributed by atoms with Crippen LogP contribution < -0.4 is 5.56 Å². The van der Waals surface area contributed by atoms with E-state index in [1.165, 1.54) is 24.3 Å². The minimum Gasteiger partial charge on any atom is -0.267 e. The van der Waals surface area contributed by atoms with E-state index in [0.29, 0.717) is 6.07 Å². The largest absolute Gasteiger partial charge is 0.416 e. The predicted molar refractivity (Wildman–Crippen MR) is 104 cm³/mol. The number of sulfone groups is 1.